The van der Waals surface area contributed by atoms with Crippen LogP contribution in [0.25, 0.3) is 10.1 Å². The molecule has 3 aromatic rings. The molecule has 32 heavy (non-hydrogen) atoms. The van der Waals surface area contributed by atoms with Gasteiger partial charge in [0.1, 0.15) is 0 Å². The predicted molar refractivity (Wildman–Crippen MR) is 129 cm³/mol. The topological polar surface area (TPSA) is 73.5 Å². The number of rotatable bonds is 5. The zero-order chi connectivity index (χ0) is 22.1. The molecule has 3 N–H and O–H groups in total. The van der Waals surface area contributed by atoms with E-state index in [4.69, 9.17) is 0 Å². The van der Waals surface area contributed by atoms with E-state index in [1.54, 1.807) is 0 Å². The van der Waals surface area contributed by atoms with E-state index >= 15 is 0 Å². The highest BCUT2D eigenvalue weighted by Crippen LogP contribution is 2.30. The van der Waals surface area contributed by atoms with Gasteiger partial charge >= 0.3 is 6.03 Å². The molecular weight excluding hydrogens is 420 g/mol. The van der Waals surface area contributed by atoms with E-state index in [1.807, 2.05) is 61.5 Å². The van der Waals surface area contributed by atoms with Crippen LogP contribution in [0.5, 0.6) is 0 Å². The molecule has 3 saturated heterocycles. The van der Waals surface area contributed by atoms with Crippen molar-refractivity contribution in [1.29, 1.82) is 0 Å². The molecule has 3 aliphatic rings. The molecule has 0 unspecified atom stereocenters. The number of nitrogens with zero attached hydrogens (tertiary/aromatic N) is 1. The summed E-state index contributed by atoms with van der Waals surface area (Å²) in [5, 5.41) is 10.1. The Morgan fingerprint density at radius 2 is 1.84 bits per heavy atom. The van der Waals surface area contributed by atoms with E-state index in [0.29, 0.717) is 11.6 Å². The Morgan fingerprint density at radius 3 is 2.56 bits per heavy atom. The average Bonchev–Trinajstić information content (AvgIpc) is 3.24. The first kappa shape index (κ1) is 21.0. The molecule has 0 spiro atoms. The summed E-state index contributed by atoms with van der Waals surface area (Å²) in [4.78, 5) is 28.5. The summed E-state index contributed by atoms with van der Waals surface area (Å²) in [5.74, 6) is 0.611. The van der Waals surface area contributed by atoms with Crippen LogP contribution in [0.4, 0.5) is 10.5 Å². The number of urea groups is 1. The fourth-order valence-corrected chi connectivity index (χ4v) is 5.78. The molecule has 2 aromatic carbocycles. The van der Waals surface area contributed by atoms with Crippen molar-refractivity contribution < 1.29 is 9.59 Å². The third kappa shape index (κ3) is 4.49. The number of fused-ring (bicyclic) bond motifs is 4. The third-order valence-corrected chi connectivity index (χ3v) is 7.72. The first-order valence-corrected chi connectivity index (χ1v) is 12.1. The van der Waals surface area contributed by atoms with Crippen molar-refractivity contribution in [1.82, 2.24) is 15.5 Å². The maximum Gasteiger partial charge on any atom is 0.319 e. The van der Waals surface area contributed by atoms with Crippen LogP contribution >= 0.6 is 11.3 Å². The second kappa shape index (κ2) is 8.92. The molecule has 0 aliphatic carbocycles. The van der Waals surface area contributed by atoms with Gasteiger partial charge in [0.2, 0.25) is 0 Å². The monoisotopic (exact) mass is 448 g/mol. The number of hydrogen-bond donors (Lipinski definition) is 3. The molecule has 3 fully saturated rings. The number of carbonyl (C=O) groups excluding carboxylic acids is 2. The van der Waals surface area contributed by atoms with Gasteiger partial charge in [0.15, 0.2) is 0 Å². The molecule has 1 aromatic heterocycles. The number of hydrogen-bond acceptors (Lipinski definition) is 4. The Hall–Kier alpha value is -2.90. The van der Waals surface area contributed by atoms with Crippen molar-refractivity contribution in [3.63, 3.8) is 0 Å². The van der Waals surface area contributed by atoms with Gasteiger partial charge in [0.25, 0.3) is 5.91 Å². The number of anilines is 1. The molecule has 2 bridgehead atoms. The lowest BCUT2D eigenvalue weighted by atomic mass is 9.84. The van der Waals surface area contributed by atoms with Crippen LogP contribution in [0.2, 0.25) is 0 Å². The van der Waals surface area contributed by atoms with Crippen molar-refractivity contribution in [2.75, 3.05) is 25.0 Å². The fraction of sp³-hybridized carbons (Fsp3) is 0.360. The third-order valence-electron chi connectivity index (χ3n) is 6.62. The zero-order valence-electron chi connectivity index (χ0n) is 18.1. The number of nitrogens with one attached hydrogen (secondary N) is 3. The van der Waals surface area contributed by atoms with Gasteiger partial charge in [0.05, 0.1) is 10.9 Å². The summed E-state index contributed by atoms with van der Waals surface area (Å²) in [5.41, 5.74) is 1.76. The van der Waals surface area contributed by atoms with E-state index in [-0.39, 0.29) is 24.0 Å². The van der Waals surface area contributed by atoms with Crippen molar-refractivity contribution in [2.24, 2.45) is 5.92 Å². The molecule has 3 aliphatic heterocycles. The Morgan fingerprint density at radius 1 is 1.06 bits per heavy atom. The Labute approximate surface area is 192 Å². The number of amides is 3. The lowest BCUT2D eigenvalue weighted by molar-refractivity contribution is 0.0622. The van der Waals surface area contributed by atoms with Crippen molar-refractivity contribution in [3.05, 3.63) is 65.0 Å². The summed E-state index contributed by atoms with van der Waals surface area (Å²) >= 11 is 1.47. The van der Waals surface area contributed by atoms with Crippen molar-refractivity contribution in [2.45, 2.75) is 31.8 Å². The molecule has 2 atom stereocenters. The highest BCUT2D eigenvalue weighted by molar-refractivity contribution is 7.20. The van der Waals surface area contributed by atoms with Gasteiger partial charge in [-0.25, -0.2) is 4.79 Å². The molecule has 6 rings (SSSR count). The predicted octanol–water partition coefficient (Wildman–Crippen LogP) is 4.61. The Balaban J connectivity index is 1.23. The van der Waals surface area contributed by atoms with Crippen LogP contribution in [0.15, 0.2) is 54.6 Å². The molecular formula is C25H28N4O2S. The standard InChI is InChI=1S/C25H28N4O2S/c1-16(17-5-3-2-4-6-17)26-25(31)27-20-8-7-19-13-23(32-22(19)14-20)24(30)28-21-15-29-11-9-18(21)10-12-29/h2-8,13-14,16,18,21H,9-12,15H2,1H3,(H,28,30)(H2,26,27,31)/t16-,21+/m1/s1. The quantitative estimate of drug-likeness (QED) is 0.534. The number of thiophene rings is 1. The molecule has 3 amide bonds. The van der Waals surface area contributed by atoms with E-state index in [2.05, 4.69) is 20.9 Å². The van der Waals surface area contributed by atoms with Gasteiger partial charge in [-0.1, -0.05) is 36.4 Å². The summed E-state index contributed by atoms with van der Waals surface area (Å²) in [7, 11) is 0. The van der Waals surface area contributed by atoms with Gasteiger partial charge in [-0.2, -0.15) is 0 Å². The lowest BCUT2D eigenvalue weighted by Gasteiger charge is -2.44. The number of piperidine rings is 3. The lowest BCUT2D eigenvalue weighted by Crippen LogP contribution is -2.57. The largest absolute Gasteiger partial charge is 0.347 e. The summed E-state index contributed by atoms with van der Waals surface area (Å²) in [6.45, 7) is 5.24. The van der Waals surface area contributed by atoms with E-state index in [0.717, 1.165) is 40.2 Å². The zero-order valence-corrected chi connectivity index (χ0v) is 19.0. The van der Waals surface area contributed by atoms with Crippen LogP contribution in [-0.4, -0.2) is 42.5 Å². The highest BCUT2D eigenvalue weighted by Gasteiger charge is 2.35. The van der Waals surface area contributed by atoms with Crippen LogP contribution in [0.3, 0.4) is 0 Å². The summed E-state index contributed by atoms with van der Waals surface area (Å²) in [6, 6.07) is 17.5. The van der Waals surface area contributed by atoms with Gasteiger partial charge in [-0.15, -0.1) is 11.3 Å². The first-order chi connectivity index (χ1) is 15.5. The Bertz CT molecular complexity index is 1120. The van der Waals surface area contributed by atoms with Crippen LogP contribution in [0.1, 0.15) is 41.0 Å². The summed E-state index contributed by atoms with van der Waals surface area (Å²) in [6.07, 6.45) is 2.36. The number of carbonyl (C=O) groups is 2. The van der Waals surface area contributed by atoms with Crippen molar-refractivity contribution >= 4 is 39.0 Å². The van der Waals surface area contributed by atoms with E-state index in [1.165, 1.54) is 24.2 Å². The molecule has 0 saturated carbocycles. The first-order valence-electron chi connectivity index (χ1n) is 11.2. The van der Waals surface area contributed by atoms with E-state index in [9.17, 15) is 9.59 Å². The minimum atomic E-state index is -0.252. The van der Waals surface area contributed by atoms with Gasteiger partial charge < -0.3 is 20.9 Å². The second-order valence-electron chi connectivity index (χ2n) is 8.81. The van der Waals surface area contributed by atoms with Gasteiger partial charge in [-0.3, -0.25) is 4.79 Å². The van der Waals surface area contributed by atoms with Gasteiger partial charge in [-0.05, 0) is 67.9 Å². The molecule has 7 heteroatoms. The molecule has 4 heterocycles. The minimum Gasteiger partial charge on any atom is -0.347 e. The van der Waals surface area contributed by atoms with E-state index < -0.39 is 0 Å². The maximum absolute atomic E-state index is 12.9. The minimum absolute atomic E-state index is 0.00823. The smallest absolute Gasteiger partial charge is 0.319 e. The average molecular weight is 449 g/mol. The van der Waals surface area contributed by atoms with Gasteiger partial charge in [0, 0.05) is 23.0 Å². The fourth-order valence-electron chi connectivity index (χ4n) is 4.78. The second-order valence-corrected chi connectivity index (χ2v) is 9.90. The molecule has 0 radical (unpaired) electrons. The van der Waals surface area contributed by atoms with Crippen LogP contribution in [0, 0.1) is 5.92 Å². The Kier molecular flexibility index (Phi) is 5.85. The highest BCUT2D eigenvalue weighted by atomic mass is 32.1. The number of benzene rings is 2. The van der Waals surface area contributed by atoms with Crippen molar-refractivity contribution in [3.8, 4) is 0 Å². The normalized spacial score (nSPS) is 23.0. The maximum atomic E-state index is 12.9. The van der Waals surface area contributed by atoms with Crippen LogP contribution < -0.4 is 16.0 Å². The SMILES string of the molecule is C[C@@H](NC(=O)Nc1ccc2cc(C(=O)N[C@H]3CN4CCC3CC4)sc2c1)c1ccccc1. The molecule has 6 nitrogen and oxygen atoms in total. The molecule has 166 valence electrons. The summed E-state index contributed by atoms with van der Waals surface area (Å²) < 4.78 is 0.984. The van der Waals surface area contributed by atoms with Crippen LogP contribution in [-0.2, 0) is 0 Å².